The Hall–Kier alpha value is -1.77. The number of rotatable bonds is 5. The van der Waals surface area contributed by atoms with E-state index in [1.807, 2.05) is 5.38 Å². The predicted molar refractivity (Wildman–Crippen MR) is 94.1 cm³/mol. The van der Waals surface area contributed by atoms with Crippen LogP contribution in [0.15, 0.2) is 40.7 Å². The lowest BCUT2D eigenvalue weighted by atomic mass is 10.1. The van der Waals surface area contributed by atoms with Crippen LogP contribution in [0.3, 0.4) is 0 Å². The maximum Gasteiger partial charge on any atom is 0.240 e. The van der Waals surface area contributed by atoms with Crippen molar-refractivity contribution in [2.75, 3.05) is 18.0 Å². The van der Waals surface area contributed by atoms with E-state index in [9.17, 15) is 13.2 Å². The minimum Gasteiger partial charge on any atom is -0.348 e. The molecule has 24 heavy (non-hydrogen) atoms. The Bertz CT molecular complexity index is 811. The number of hydrogen-bond donors (Lipinski definition) is 1. The molecule has 128 valence electrons. The van der Waals surface area contributed by atoms with Crippen molar-refractivity contribution in [2.24, 2.45) is 0 Å². The molecule has 0 aliphatic carbocycles. The molecule has 1 aromatic heterocycles. The number of carbonyl (C=O) groups is 1. The lowest BCUT2D eigenvalue weighted by molar-refractivity contribution is 0.101. The van der Waals surface area contributed by atoms with Crippen molar-refractivity contribution in [3.05, 3.63) is 41.4 Å². The number of hydrogen-bond acceptors (Lipinski definition) is 6. The Kier molecular flexibility index (Phi) is 4.98. The lowest BCUT2D eigenvalue weighted by Gasteiger charge is -2.31. The number of carbonyl (C=O) groups excluding carboxylic acids is 1. The standard InChI is InChI=1S/C16H19N3O3S2/c1-12(20)13-3-2-4-15(11-13)24(21,22)18-14-5-8-19(9-6-14)16-17-7-10-23-16/h2-4,7,10-11,14,18H,5-6,8-9H2,1H3. The number of thiazole rings is 1. The summed E-state index contributed by atoms with van der Waals surface area (Å²) in [7, 11) is -3.62. The summed E-state index contributed by atoms with van der Waals surface area (Å²) in [5, 5.41) is 2.91. The summed E-state index contributed by atoms with van der Waals surface area (Å²) in [5.41, 5.74) is 0.400. The average molecular weight is 365 g/mol. The zero-order valence-corrected chi connectivity index (χ0v) is 14.9. The average Bonchev–Trinajstić information content (AvgIpc) is 3.10. The van der Waals surface area contributed by atoms with Crippen molar-refractivity contribution in [1.82, 2.24) is 9.71 Å². The molecular weight excluding hydrogens is 346 g/mol. The van der Waals surface area contributed by atoms with E-state index in [0.29, 0.717) is 5.56 Å². The number of ketones is 1. The molecule has 8 heteroatoms. The van der Waals surface area contributed by atoms with Gasteiger partial charge in [0.25, 0.3) is 0 Å². The summed E-state index contributed by atoms with van der Waals surface area (Å²) < 4.78 is 27.8. The van der Waals surface area contributed by atoms with E-state index >= 15 is 0 Å². The number of nitrogens with one attached hydrogen (secondary N) is 1. The topological polar surface area (TPSA) is 79.4 Å². The van der Waals surface area contributed by atoms with E-state index in [0.717, 1.165) is 31.1 Å². The molecular formula is C16H19N3O3S2. The number of anilines is 1. The van der Waals surface area contributed by atoms with Crippen LogP contribution in [0, 0.1) is 0 Å². The molecule has 1 saturated heterocycles. The second kappa shape index (κ2) is 7.00. The molecule has 0 unspecified atom stereocenters. The highest BCUT2D eigenvalue weighted by Crippen LogP contribution is 2.23. The van der Waals surface area contributed by atoms with Crippen molar-refractivity contribution < 1.29 is 13.2 Å². The highest BCUT2D eigenvalue weighted by molar-refractivity contribution is 7.89. The highest BCUT2D eigenvalue weighted by Gasteiger charge is 2.25. The second-order valence-corrected chi connectivity index (χ2v) is 8.37. The summed E-state index contributed by atoms with van der Waals surface area (Å²) >= 11 is 1.59. The van der Waals surface area contributed by atoms with Gasteiger partial charge in [-0.05, 0) is 31.9 Å². The third-order valence-corrected chi connectivity index (χ3v) is 6.41. The Balaban J connectivity index is 1.65. The molecule has 2 aromatic rings. The largest absolute Gasteiger partial charge is 0.348 e. The first-order valence-corrected chi connectivity index (χ1v) is 10.1. The number of Topliss-reactive ketones (excluding diaryl/α,β-unsaturated/α-hetero) is 1. The Morgan fingerprint density at radius 2 is 2.08 bits per heavy atom. The third-order valence-electron chi connectivity index (χ3n) is 4.06. The smallest absolute Gasteiger partial charge is 0.240 e. The van der Waals surface area contributed by atoms with E-state index in [4.69, 9.17) is 0 Å². The van der Waals surface area contributed by atoms with Gasteiger partial charge in [0.2, 0.25) is 10.0 Å². The SMILES string of the molecule is CC(=O)c1cccc(S(=O)(=O)NC2CCN(c3nccs3)CC2)c1. The van der Waals surface area contributed by atoms with Crippen molar-refractivity contribution in [3.63, 3.8) is 0 Å². The van der Waals surface area contributed by atoms with Gasteiger partial charge in [0.1, 0.15) is 0 Å². The minimum absolute atomic E-state index is 0.104. The predicted octanol–water partition coefficient (Wildman–Crippen LogP) is 2.29. The van der Waals surface area contributed by atoms with Crippen LogP contribution in [-0.4, -0.2) is 38.3 Å². The van der Waals surface area contributed by atoms with Crippen LogP contribution < -0.4 is 9.62 Å². The zero-order chi connectivity index (χ0) is 17.2. The van der Waals surface area contributed by atoms with Crippen LogP contribution in [0.2, 0.25) is 0 Å². The van der Waals surface area contributed by atoms with Gasteiger partial charge in [-0.25, -0.2) is 18.1 Å². The maximum atomic E-state index is 12.5. The number of nitrogens with zero attached hydrogens (tertiary/aromatic N) is 2. The van der Waals surface area contributed by atoms with Crippen molar-refractivity contribution >= 4 is 32.3 Å². The van der Waals surface area contributed by atoms with Crippen LogP contribution >= 0.6 is 11.3 Å². The van der Waals surface area contributed by atoms with Crippen LogP contribution in [0.4, 0.5) is 5.13 Å². The Morgan fingerprint density at radius 1 is 1.33 bits per heavy atom. The highest BCUT2D eigenvalue weighted by atomic mass is 32.2. The van der Waals surface area contributed by atoms with Crippen LogP contribution in [0.25, 0.3) is 0 Å². The molecule has 0 spiro atoms. The molecule has 0 bridgehead atoms. The number of piperidine rings is 1. The summed E-state index contributed by atoms with van der Waals surface area (Å²) in [6, 6.07) is 6.05. The van der Waals surface area contributed by atoms with Crippen molar-refractivity contribution in [3.8, 4) is 0 Å². The molecule has 3 rings (SSSR count). The molecule has 1 fully saturated rings. The quantitative estimate of drug-likeness (QED) is 0.823. The monoisotopic (exact) mass is 365 g/mol. The molecule has 1 aromatic carbocycles. The van der Waals surface area contributed by atoms with E-state index in [2.05, 4.69) is 14.6 Å². The lowest BCUT2D eigenvalue weighted by Crippen LogP contribution is -2.44. The summed E-state index contributed by atoms with van der Waals surface area (Å²) in [6.07, 6.45) is 3.23. The molecule has 0 amide bonds. The first-order valence-electron chi connectivity index (χ1n) is 7.73. The summed E-state index contributed by atoms with van der Waals surface area (Å²) in [5.74, 6) is -0.149. The van der Waals surface area contributed by atoms with Gasteiger partial charge < -0.3 is 4.90 Å². The fourth-order valence-electron chi connectivity index (χ4n) is 2.73. The van der Waals surface area contributed by atoms with E-state index in [1.54, 1.807) is 29.7 Å². The van der Waals surface area contributed by atoms with Gasteiger partial charge >= 0.3 is 0 Å². The molecule has 1 aliphatic heterocycles. The number of benzene rings is 1. The number of aromatic nitrogens is 1. The first-order chi connectivity index (χ1) is 11.5. The Morgan fingerprint density at radius 3 is 2.71 bits per heavy atom. The van der Waals surface area contributed by atoms with Crippen LogP contribution in [0.5, 0.6) is 0 Å². The van der Waals surface area contributed by atoms with Crippen LogP contribution in [0.1, 0.15) is 30.1 Å². The molecule has 0 atom stereocenters. The fraction of sp³-hybridized carbons (Fsp3) is 0.375. The number of sulfonamides is 1. The minimum atomic E-state index is -3.62. The van der Waals surface area contributed by atoms with Gasteiger partial charge in [-0.2, -0.15) is 0 Å². The van der Waals surface area contributed by atoms with E-state index < -0.39 is 10.0 Å². The molecule has 1 aliphatic rings. The van der Waals surface area contributed by atoms with Crippen molar-refractivity contribution in [1.29, 1.82) is 0 Å². The molecule has 2 heterocycles. The van der Waals surface area contributed by atoms with Crippen molar-refractivity contribution in [2.45, 2.75) is 30.7 Å². The van der Waals surface area contributed by atoms with Gasteiger partial charge in [0.05, 0.1) is 4.90 Å². The van der Waals surface area contributed by atoms with Gasteiger partial charge in [0, 0.05) is 36.3 Å². The maximum absolute atomic E-state index is 12.5. The fourth-order valence-corrected chi connectivity index (χ4v) is 4.78. The summed E-state index contributed by atoms with van der Waals surface area (Å²) in [4.78, 5) is 18.0. The molecule has 6 nitrogen and oxygen atoms in total. The molecule has 0 saturated carbocycles. The normalized spacial score (nSPS) is 16.3. The first kappa shape index (κ1) is 17.1. The second-order valence-electron chi connectivity index (χ2n) is 5.78. The van der Waals surface area contributed by atoms with Gasteiger partial charge in [-0.15, -0.1) is 11.3 Å². The van der Waals surface area contributed by atoms with E-state index in [-0.39, 0.29) is 16.7 Å². The summed E-state index contributed by atoms with van der Waals surface area (Å²) in [6.45, 7) is 2.97. The van der Waals surface area contributed by atoms with Gasteiger partial charge in [-0.3, -0.25) is 4.79 Å². The zero-order valence-electron chi connectivity index (χ0n) is 13.3. The van der Waals surface area contributed by atoms with Gasteiger partial charge in [0.15, 0.2) is 10.9 Å². The molecule has 1 N–H and O–H groups in total. The van der Waals surface area contributed by atoms with Crippen LogP contribution in [-0.2, 0) is 10.0 Å². The Labute approximate surface area is 145 Å². The van der Waals surface area contributed by atoms with E-state index in [1.165, 1.54) is 19.1 Å². The molecule has 0 radical (unpaired) electrons. The third kappa shape index (κ3) is 3.82. The van der Waals surface area contributed by atoms with Gasteiger partial charge in [-0.1, -0.05) is 12.1 Å².